The summed E-state index contributed by atoms with van der Waals surface area (Å²) < 4.78 is 27.6. The van der Waals surface area contributed by atoms with Gasteiger partial charge in [0.15, 0.2) is 0 Å². The van der Waals surface area contributed by atoms with E-state index >= 15 is 0 Å². The van der Waals surface area contributed by atoms with Crippen molar-refractivity contribution in [3.8, 4) is 0 Å². The molecule has 9 heteroatoms. The highest BCUT2D eigenvalue weighted by atomic mass is 35.5. The minimum atomic E-state index is -3.96. The molecule has 0 spiro atoms. The Morgan fingerprint density at radius 3 is 2.24 bits per heavy atom. The van der Waals surface area contributed by atoms with Crippen molar-refractivity contribution in [2.24, 2.45) is 0 Å². The molecule has 1 atom stereocenters. The van der Waals surface area contributed by atoms with E-state index in [0.29, 0.717) is 11.4 Å². The number of hydrogen-bond acceptors (Lipinski definition) is 4. The molecule has 1 N–H and O–H groups in total. The van der Waals surface area contributed by atoms with Gasteiger partial charge in [-0.3, -0.25) is 9.59 Å². The van der Waals surface area contributed by atoms with Gasteiger partial charge in [0.2, 0.25) is 21.8 Å². The Labute approximate surface area is 248 Å². The SMILES string of the molecule is Cc1cccc(CN(C(=O)CN(C)S(=O)(=O)c2ccc(Cl)cc2)C(Cc2ccccc2)C(=O)NC2CCCCC2)c1. The van der Waals surface area contributed by atoms with Crippen molar-refractivity contribution < 1.29 is 18.0 Å². The van der Waals surface area contributed by atoms with Gasteiger partial charge in [0, 0.05) is 31.1 Å². The number of aryl methyl sites for hydroxylation is 1. The first kappa shape index (κ1) is 30.8. The molecule has 0 radical (unpaired) electrons. The third-order valence-corrected chi connectivity index (χ3v) is 9.61. The molecule has 1 unspecified atom stereocenters. The molecule has 1 fully saturated rings. The minimum Gasteiger partial charge on any atom is -0.352 e. The number of amides is 2. The van der Waals surface area contributed by atoms with Crippen molar-refractivity contribution in [3.05, 3.63) is 101 Å². The third-order valence-electron chi connectivity index (χ3n) is 7.54. The van der Waals surface area contributed by atoms with Crippen molar-refractivity contribution in [2.45, 2.75) is 69.0 Å². The Morgan fingerprint density at radius 1 is 0.927 bits per heavy atom. The molecular formula is C32H38ClN3O4S. The van der Waals surface area contributed by atoms with Crippen LogP contribution in [0.4, 0.5) is 0 Å². The maximum atomic E-state index is 14.0. The van der Waals surface area contributed by atoms with Gasteiger partial charge in [-0.15, -0.1) is 0 Å². The Hall–Kier alpha value is -3.20. The molecule has 0 aliphatic heterocycles. The first-order chi connectivity index (χ1) is 19.6. The van der Waals surface area contributed by atoms with Gasteiger partial charge in [-0.1, -0.05) is 91.0 Å². The van der Waals surface area contributed by atoms with Crippen molar-refractivity contribution in [3.63, 3.8) is 0 Å². The van der Waals surface area contributed by atoms with Crippen LogP contribution in [0.25, 0.3) is 0 Å². The summed E-state index contributed by atoms with van der Waals surface area (Å²) in [6, 6.07) is 22.5. The van der Waals surface area contributed by atoms with Gasteiger partial charge in [-0.25, -0.2) is 8.42 Å². The lowest BCUT2D eigenvalue weighted by atomic mass is 9.94. The average Bonchev–Trinajstić information content (AvgIpc) is 2.96. The molecule has 0 aromatic heterocycles. The second-order valence-corrected chi connectivity index (χ2v) is 13.3. The van der Waals surface area contributed by atoms with Crippen LogP contribution in [0.15, 0.2) is 83.8 Å². The Kier molecular flexibility index (Phi) is 10.6. The monoisotopic (exact) mass is 595 g/mol. The summed E-state index contributed by atoms with van der Waals surface area (Å²) >= 11 is 5.95. The summed E-state index contributed by atoms with van der Waals surface area (Å²) in [4.78, 5) is 29.5. The minimum absolute atomic E-state index is 0.0401. The summed E-state index contributed by atoms with van der Waals surface area (Å²) in [5.74, 6) is -0.670. The van der Waals surface area contributed by atoms with E-state index in [1.807, 2.05) is 61.5 Å². The highest BCUT2D eigenvalue weighted by molar-refractivity contribution is 7.89. The van der Waals surface area contributed by atoms with E-state index in [2.05, 4.69) is 5.32 Å². The first-order valence-corrected chi connectivity index (χ1v) is 15.9. The highest BCUT2D eigenvalue weighted by Gasteiger charge is 2.34. The standard InChI is InChI=1S/C32H38ClN3O4S/c1-24-10-9-13-26(20-24)22-36(31(37)23-35(2)41(39,40)29-18-16-27(33)17-19-29)30(21-25-11-5-3-6-12-25)32(38)34-28-14-7-4-8-15-28/h3,5-6,9-13,16-20,28,30H,4,7-8,14-15,21-23H2,1-2H3,(H,34,38). The quantitative estimate of drug-likeness (QED) is 0.323. The zero-order valence-corrected chi connectivity index (χ0v) is 25.2. The number of hydrogen-bond donors (Lipinski definition) is 1. The summed E-state index contributed by atoms with van der Waals surface area (Å²) in [5.41, 5.74) is 2.81. The van der Waals surface area contributed by atoms with Crippen LogP contribution in [-0.4, -0.2) is 55.1 Å². The zero-order chi connectivity index (χ0) is 29.4. The molecule has 0 bridgehead atoms. The van der Waals surface area contributed by atoms with Crippen LogP contribution in [-0.2, 0) is 32.6 Å². The molecule has 3 aromatic rings. The van der Waals surface area contributed by atoms with Gasteiger partial charge >= 0.3 is 0 Å². The number of benzene rings is 3. The number of sulfonamides is 1. The molecule has 0 saturated heterocycles. The first-order valence-electron chi connectivity index (χ1n) is 14.0. The largest absolute Gasteiger partial charge is 0.352 e. The van der Waals surface area contributed by atoms with Crippen molar-refractivity contribution >= 4 is 33.4 Å². The van der Waals surface area contributed by atoms with Crippen LogP contribution in [0.3, 0.4) is 0 Å². The summed E-state index contributed by atoms with van der Waals surface area (Å²) in [6.45, 7) is 1.73. The molecular weight excluding hydrogens is 558 g/mol. The van der Waals surface area contributed by atoms with Crippen LogP contribution in [0.1, 0.15) is 48.8 Å². The van der Waals surface area contributed by atoms with E-state index in [9.17, 15) is 18.0 Å². The number of carbonyl (C=O) groups excluding carboxylic acids is 2. The maximum Gasteiger partial charge on any atom is 0.243 e. The molecule has 41 heavy (non-hydrogen) atoms. The summed E-state index contributed by atoms with van der Waals surface area (Å²) in [7, 11) is -2.59. The van der Waals surface area contributed by atoms with E-state index in [-0.39, 0.29) is 23.4 Å². The fraction of sp³-hybridized carbons (Fsp3) is 0.375. The molecule has 1 aliphatic rings. The number of nitrogens with zero attached hydrogens (tertiary/aromatic N) is 2. The average molecular weight is 596 g/mol. The predicted octanol–water partition coefficient (Wildman–Crippen LogP) is 5.36. The van der Waals surface area contributed by atoms with Gasteiger partial charge in [-0.2, -0.15) is 4.31 Å². The Bertz CT molecular complexity index is 1420. The van der Waals surface area contributed by atoms with Crippen LogP contribution in [0.2, 0.25) is 5.02 Å². The smallest absolute Gasteiger partial charge is 0.243 e. The van der Waals surface area contributed by atoms with Crippen LogP contribution < -0.4 is 5.32 Å². The van der Waals surface area contributed by atoms with Crippen LogP contribution >= 0.6 is 11.6 Å². The number of rotatable bonds is 11. The molecule has 1 aliphatic carbocycles. The fourth-order valence-corrected chi connectivity index (χ4v) is 6.50. The lowest BCUT2D eigenvalue weighted by molar-refractivity contribution is -0.141. The lowest BCUT2D eigenvalue weighted by Crippen LogP contribution is -2.54. The second kappa shape index (κ2) is 14.1. The van der Waals surface area contributed by atoms with Crippen molar-refractivity contribution in [1.29, 1.82) is 0 Å². The topological polar surface area (TPSA) is 86.8 Å². The summed E-state index contributed by atoms with van der Waals surface area (Å²) in [6.07, 6.45) is 5.42. The van der Waals surface area contributed by atoms with Gasteiger partial charge in [0.05, 0.1) is 11.4 Å². The molecule has 0 heterocycles. The van der Waals surface area contributed by atoms with E-state index < -0.39 is 28.5 Å². The van der Waals surface area contributed by atoms with E-state index in [1.54, 1.807) is 0 Å². The molecule has 1 saturated carbocycles. The highest BCUT2D eigenvalue weighted by Crippen LogP contribution is 2.22. The zero-order valence-electron chi connectivity index (χ0n) is 23.6. The van der Waals surface area contributed by atoms with E-state index in [0.717, 1.165) is 53.1 Å². The van der Waals surface area contributed by atoms with Crippen molar-refractivity contribution in [1.82, 2.24) is 14.5 Å². The third kappa shape index (κ3) is 8.41. The van der Waals surface area contributed by atoms with Gasteiger partial charge < -0.3 is 10.2 Å². The second-order valence-electron chi connectivity index (χ2n) is 10.8. The maximum absolute atomic E-state index is 14.0. The van der Waals surface area contributed by atoms with E-state index in [4.69, 9.17) is 11.6 Å². The van der Waals surface area contributed by atoms with Gasteiger partial charge in [0.1, 0.15) is 6.04 Å². The number of nitrogens with one attached hydrogen (secondary N) is 1. The molecule has 7 nitrogen and oxygen atoms in total. The number of likely N-dealkylation sites (N-methyl/N-ethyl adjacent to an activating group) is 1. The van der Waals surface area contributed by atoms with Crippen LogP contribution in [0, 0.1) is 6.92 Å². The normalized spacial score (nSPS) is 14.9. The predicted molar refractivity (Wildman–Crippen MR) is 162 cm³/mol. The van der Waals surface area contributed by atoms with Crippen molar-refractivity contribution in [2.75, 3.05) is 13.6 Å². The Morgan fingerprint density at radius 2 is 1.59 bits per heavy atom. The number of halogens is 1. The van der Waals surface area contributed by atoms with E-state index in [1.165, 1.54) is 36.2 Å². The van der Waals surface area contributed by atoms with Crippen LogP contribution in [0.5, 0.6) is 0 Å². The molecule has 3 aromatic carbocycles. The summed E-state index contributed by atoms with van der Waals surface area (Å²) in [5, 5.41) is 3.63. The molecule has 4 rings (SSSR count). The number of carbonyl (C=O) groups is 2. The fourth-order valence-electron chi connectivity index (χ4n) is 5.26. The van der Waals surface area contributed by atoms with Gasteiger partial charge in [0.25, 0.3) is 0 Å². The lowest BCUT2D eigenvalue weighted by Gasteiger charge is -2.34. The van der Waals surface area contributed by atoms with Gasteiger partial charge in [-0.05, 0) is 55.2 Å². The molecule has 2 amide bonds. The molecule has 218 valence electrons. The Balaban J connectivity index is 1.66.